The van der Waals surface area contributed by atoms with Crippen LogP contribution in [0.2, 0.25) is 0 Å². The van der Waals surface area contributed by atoms with Gasteiger partial charge < -0.3 is 9.64 Å². The smallest absolute Gasteiger partial charge is 0.313 e. The molecule has 0 aliphatic carbocycles. The van der Waals surface area contributed by atoms with Gasteiger partial charge in [-0.25, -0.2) is 0 Å². The van der Waals surface area contributed by atoms with E-state index in [0.717, 1.165) is 19.4 Å². The molecule has 0 saturated heterocycles. The van der Waals surface area contributed by atoms with Gasteiger partial charge in [0, 0.05) is 13.7 Å². The van der Waals surface area contributed by atoms with Crippen molar-refractivity contribution in [3.8, 4) is 0 Å². The number of nitrogens with zero attached hydrogens (tertiary/aromatic N) is 1. The number of hydrogen-bond donors (Lipinski definition) is 0. The molecule has 0 heterocycles. The van der Waals surface area contributed by atoms with E-state index in [1.54, 1.807) is 13.5 Å². The second-order valence-electron chi connectivity index (χ2n) is 2.13. The average molecular weight is 144 g/mol. The Morgan fingerprint density at radius 2 is 2.30 bits per heavy atom. The van der Waals surface area contributed by atoms with Crippen molar-refractivity contribution < 1.29 is 9.53 Å². The van der Waals surface area contributed by atoms with Crippen LogP contribution in [0.15, 0.2) is 0 Å². The van der Waals surface area contributed by atoms with Crippen LogP contribution in [0, 0.1) is 0 Å². The molecule has 0 N–H and O–H groups in total. The fourth-order valence-corrected chi connectivity index (χ4v) is 0.641. The molecule has 1 radical (unpaired) electrons. The predicted molar refractivity (Wildman–Crippen MR) is 39.2 cm³/mol. The van der Waals surface area contributed by atoms with Crippen molar-refractivity contribution >= 4 is 6.41 Å². The third-order valence-electron chi connectivity index (χ3n) is 1.20. The molecule has 0 atom stereocenters. The fourth-order valence-electron chi connectivity index (χ4n) is 0.641. The zero-order chi connectivity index (χ0) is 7.82. The molecule has 0 unspecified atom stereocenters. The standard InChI is InChI=1S/C7H14NO2/c1-3-4-5-8(6-9)7-10-2/h3-5,7H2,1-2H3. The molecular weight excluding hydrogens is 130 g/mol. The normalized spacial score (nSPS) is 9.40. The number of methoxy groups -OCH3 is 1. The molecule has 0 aliphatic heterocycles. The molecule has 1 amide bonds. The first-order valence-corrected chi connectivity index (χ1v) is 3.46. The second kappa shape index (κ2) is 6.55. The molecule has 0 spiro atoms. The summed E-state index contributed by atoms with van der Waals surface area (Å²) < 4.78 is 4.76. The maximum absolute atomic E-state index is 10.1. The zero-order valence-corrected chi connectivity index (χ0v) is 6.59. The Balaban J connectivity index is 3.29. The van der Waals surface area contributed by atoms with Crippen LogP contribution in [0.4, 0.5) is 0 Å². The topological polar surface area (TPSA) is 29.5 Å². The first-order valence-electron chi connectivity index (χ1n) is 3.46. The summed E-state index contributed by atoms with van der Waals surface area (Å²) in [5, 5.41) is 0. The van der Waals surface area contributed by atoms with E-state index in [-0.39, 0.29) is 0 Å². The highest BCUT2D eigenvalue weighted by Gasteiger charge is 1.98. The monoisotopic (exact) mass is 144 g/mol. The minimum Gasteiger partial charge on any atom is -0.364 e. The summed E-state index contributed by atoms with van der Waals surface area (Å²) in [6, 6.07) is 0. The third kappa shape index (κ3) is 4.32. The molecular formula is C7H14NO2. The van der Waals surface area contributed by atoms with Crippen molar-refractivity contribution in [2.45, 2.75) is 19.8 Å². The summed E-state index contributed by atoms with van der Waals surface area (Å²) in [6.07, 6.45) is 3.89. The van der Waals surface area contributed by atoms with Gasteiger partial charge in [0.05, 0.1) is 0 Å². The van der Waals surface area contributed by atoms with Gasteiger partial charge in [-0.2, -0.15) is 0 Å². The van der Waals surface area contributed by atoms with Crippen LogP contribution in [0.25, 0.3) is 0 Å². The second-order valence-corrected chi connectivity index (χ2v) is 2.13. The van der Waals surface area contributed by atoms with E-state index < -0.39 is 0 Å². The molecule has 0 aromatic carbocycles. The zero-order valence-electron chi connectivity index (χ0n) is 6.59. The van der Waals surface area contributed by atoms with Crippen LogP contribution in [-0.2, 0) is 9.53 Å². The molecule has 10 heavy (non-hydrogen) atoms. The van der Waals surface area contributed by atoms with Crippen molar-refractivity contribution in [2.75, 3.05) is 20.4 Å². The quantitative estimate of drug-likeness (QED) is 0.407. The Hall–Kier alpha value is -0.570. The van der Waals surface area contributed by atoms with Crippen LogP contribution >= 0.6 is 0 Å². The van der Waals surface area contributed by atoms with Crippen molar-refractivity contribution in [1.29, 1.82) is 0 Å². The third-order valence-corrected chi connectivity index (χ3v) is 1.20. The number of carbonyl (C=O) groups excluding carboxylic acids is 1. The van der Waals surface area contributed by atoms with Gasteiger partial charge in [-0.1, -0.05) is 13.3 Å². The minimum absolute atomic E-state index is 0.351. The number of ether oxygens (including phenoxy) is 1. The lowest BCUT2D eigenvalue weighted by Gasteiger charge is -2.13. The summed E-state index contributed by atoms with van der Waals surface area (Å²) in [4.78, 5) is 11.6. The number of unbranched alkanes of at least 4 members (excludes halogenated alkanes) is 1. The largest absolute Gasteiger partial charge is 0.364 e. The molecule has 0 fully saturated rings. The highest BCUT2D eigenvalue weighted by atomic mass is 16.5. The Labute approximate surface area is 62.0 Å². The fraction of sp³-hybridized carbons (Fsp3) is 0.857. The lowest BCUT2D eigenvalue weighted by molar-refractivity contribution is 0.106. The van der Waals surface area contributed by atoms with Gasteiger partial charge in [-0.15, -0.1) is 0 Å². The number of rotatable bonds is 6. The predicted octanol–water partition coefficient (Wildman–Crippen LogP) is 0.760. The number of amides is 1. The van der Waals surface area contributed by atoms with Gasteiger partial charge in [-0.3, -0.25) is 4.79 Å². The van der Waals surface area contributed by atoms with Gasteiger partial charge in [-0.05, 0) is 6.42 Å². The van der Waals surface area contributed by atoms with Gasteiger partial charge >= 0.3 is 6.41 Å². The lowest BCUT2D eigenvalue weighted by Crippen LogP contribution is -2.25. The van der Waals surface area contributed by atoms with Crippen molar-refractivity contribution in [3.05, 3.63) is 0 Å². The SMILES string of the molecule is CCCCN([C]=O)COC. The lowest BCUT2D eigenvalue weighted by atomic mass is 10.3. The Kier molecular flexibility index (Phi) is 6.18. The summed E-state index contributed by atoms with van der Waals surface area (Å²) in [6.45, 7) is 3.17. The van der Waals surface area contributed by atoms with E-state index in [0.29, 0.717) is 6.73 Å². The Morgan fingerprint density at radius 3 is 2.70 bits per heavy atom. The van der Waals surface area contributed by atoms with Crippen LogP contribution in [0.1, 0.15) is 19.8 Å². The van der Waals surface area contributed by atoms with Crippen LogP contribution in [0.5, 0.6) is 0 Å². The molecule has 0 saturated carbocycles. The van der Waals surface area contributed by atoms with Gasteiger partial charge in [0.15, 0.2) is 0 Å². The molecule has 0 aromatic rings. The Morgan fingerprint density at radius 1 is 1.60 bits per heavy atom. The van der Waals surface area contributed by atoms with E-state index in [1.807, 2.05) is 0 Å². The first-order chi connectivity index (χ1) is 4.85. The molecule has 59 valence electrons. The van der Waals surface area contributed by atoms with Crippen molar-refractivity contribution in [2.24, 2.45) is 0 Å². The van der Waals surface area contributed by atoms with E-state index in [1.165, 1.54) is 4.90 Å². The molecule has 0 rings (SSSR count). The van der Waals surface area contributed by atoms with Crippen molar-refractivity contribution in [1.82, 2.24) is 4.90 Å². The summed E-state index contributed by atoms with van der Waals surface area (Å²) in [7, 11) is 1.57. The molecule has 0 aromatic heterocycles. The van der Waals surface area contributed by atoms with Crippen LogP contribution in [0.3, 0.4) is 0 Å². The number of hydrogen-bond acceptors (Lipinski definition) is 2. The van der Waals surface area contributed by atoms with E-state index >= 15 is 0 Å². The van der Waals surface area contributed by atoms with E-state index in [4.69, 9.17) is 4.74 Å². The van der Waals surface area contributed by atoms with Crippen LogP contribution < -0.4 is 0 Å². The summed E-state index contributed by atoms with van der Waals surface area (Å²) in [5.74, 6) is 0. The molecule has 0 bridgehead atoms. The first kappa shape index (κ1) is 9.43. The van der Waals surface area contributed by atoms with E-state index in [2.05, 4.69) is 6.92 Å². The minimum atomic E-state index is 0.351. The van der Waals surface area contributed by atoms with Crippen molar-refractivity contribution in [3.63, 3.8) is 0 Å². The highest BCUT2D eigenvalue weighted by molar-refractivity contribution is 5.47. The average Bonchev–Trinajstić information content (AvgIpc) is 1.98. The summed E-state index contributed by atoms with van der Waals surface area (Å²) in [5.41, 5.74) is 0. The Bertz CT molecular complexity index is 85.7. The van der Waals surface area contributed by atoms with Gasteiger partial charge in [0.2, 0.25) is 0 Å². The molecule has 3 heteroatoms. The van der Waals surface area contributed by atoms with Gasteiger partial charge in [0.1, 0.15) is 6.73 Å². The molecule has 3 nitrogen and oxygen atoms in total. The maximum atomic E-state index is 10.1. The van der Waals surface area contributed by atoms with Gasteiger partial charge in [0.25, 0.3) is 0 Å². The maximum Gasteiger partial charge on any atom is 0.313 e. The molecule has 0 aliphatic rings. The van der Waals surface area contributed by atoms with Crippen LogP contribution in [-0.4, -0.2) is 31.7 Å². The highest BCUT2D eigenvalue weighted by Crippen LogP contribution is 1.90. The van der Waals surface area contributed by atoms with E-state index in [9.17, 15) is 4.79 Å². The summed E-state index contributed by atoms with van der Waals surface area (Å²) >= 11 is 0.